The Bertz CT molecular complexity index is 899. The number of aliphatic hydroxyl groups excluding tert-OH is 1. The summed E-state index contributed by atoms with van der Waals surface area (Å²) in [5.74, 6) is 0.660. The molecule has 0 aliphatic rings. The van der Waals surface area contributed by atoms with Gasteiger partial charge in [0, 0.05) is 11.6 Å². The topological polar surface area (TPSA) is 63.2 Å². The Labute approximate surface area is 151 Å². The van der Waals surface area contributed by atoms with Crippen LogP contribution in [0.15, 0.2) is 48.5 Å². The molecule has 3 aromatic rings. The van der Waals surface area contributed by atoms with Crippen molar-refractivity contribution in [2.24, 2.45) is 0 Å². The van der Waals surface area contributed by atoms with E-state index in [1.807, 2.05) is 33.4 Å². The van der Waals surface area contributed by atoms with Crippen LogP contribution in [0.3, 0.4) is 0 Å². The van der Waals surface area contributed by atoms with Crippen molar-refractivity contribution in [2.75, 3.05) is 6.61 Å². The lowest BCUT2D eigenvalue weighted by Gasteiger charge is -2.14. The summed E-state index contributed by atoms with van der Waals surface area (Å²) in [5, 5.41) is 19.5. The van der Waals surface area contributed by atoms with E-state index in [-0.39, 0.29) is 6.61 Å². The van der Waals surface area contributed by atoms with Crippen LogP contribution in [-0.2, 0) is 13.1 Å². The van der Waals surface area contributed by atoms with Crippen molar-refractivity contribution in [1.29, 1.82) is 5.41 Å². The molecule has 1 unspecified atom stereocenters. The highest BCUT2D eigenvalue weighted by Gasteiger charge is 2.14. The number of rotatable bonds is 7. The highest BCUT2D eigenvalue weighted by atomic mass is 35.5. The van der Waals surface area contributed by atoms with E-state index >= 15 is 0 Å². The molecule has 0 saturated heterocycles. The Balaban J connectivity index is 1.76. The largest absolute Gasteiger partial charge is 0.491 e. The van der Waals surface area contributed by atoms with Crippen molar-refractivity contribution < 1.29 is 9.84 Å². The first-order valence-corrected chi connectivity index (χ1v) is 8.77. The number of halogens is 1. The van der Waals surface area contributed by atoms with E-state index in [1.165, 1.54) is 0 Å². The lowest BCUT2D eigenvalue weighted by atomic mass is 10.3. The number of hydrogen-bond donors (Lipinski definition) is 2. The van der Waals surface area contributed by atoms with Gasteiger partial charge in [-0.15, -0.1) is 0 Å². The number of hydrogen-bond acceptors (Lipinski definition) is 3. The smallest absolute Gasteiger partial charge is 0.203 e. The van der Waals surface area contributed by atoms with E-state index in [2.05, 4.69) is 6.92 Å². The Morgan fingerprint density at radius 2 is 1.72 bits per heavy atom. The molecule has 1 heterocycles. The van der Waals surface area contributed by atoms with E-state index in [0.717, 1.165) is 24.0 Å². The van der Waals surface area contributed by atoms with Gasteiger partial charge in [-0.05, 0) is 42.8 Å². The third-order valence-electron chi connectivity index (χ3n) is 4.07. The number of imidazole rings is 1. The van der Waals surface area contributed by atoms with Crippen LogP contribution >= 0.6 is 11.6 Å². The quantitative estimate of drug-likeness (QED) is 0.679. The van der Waals surface area contributed by atoms with E-state index in [9.17, 15) is 5.11 Å². The summed E-state index contributed by atoms with van der Waals surface area (Å²) in [7, 11) is 0. The van der Waals surface area contributed by atoms with Crippen LogP contribution in [0, 0.1) is 5.41 Å². The second-order valence-electron chi connectivity index (χ2n) is 5.99. The SMILES string of the molecule is CCCn1c(=N)n(CC(O)COc2ccc(Cl)cc2)c2ccccc21. The summed E-state index contributed by atoms with van der Waals surface area (Å²) < 4.78 is 9.42. The van der Waals surface area contributed by atoms with Gasteiger partial charge in [0.1, 0.15) is 18.5 Å². The van der Waals surface area contributed by atoms with Crippen molar-refractivity contribution in [2.45, 2.75) is 32.5 Å². The molecule has 0 fully saturated rings. The Morgan fingerprint density at radius 3 is 2.36 bits per heavy atom. The number of aromatic nitrogens is 2. The van der Waals surface area contributed by atoms with E-state index in [4.69, 9.17) is 21.7 Å². The average Bonchev–Trinajstić information content (AvgIpc) is 2.88. The summed E-state index contributed by atoms with van der Waals surface area (Å²) in [4.78, 5) is 0. The maximum Gasteiger partial charge on any atom is 0.203 e. The molecule has 132 valence electrons. The summed E-state index contributed by atoms with van der Waals surface area (Å²) in [6.07, 6.45) is 0.234. The third kappa shape index (κ3) is 3.89. The molecule has 1 aromatic heterocycles. The maximum atomic E-state index is 10.4. The number of fused-ring (bicyclic) bond motifs is 1. The number of nitrogens with zero attached hydrogens (tertiary/aromatic N) is 2. The fourth-order valence-corrected chi connectivity index (χ4v) is 3.04. The zero-order valence-electron chi connectivity index (χ0n) is 14.2. The number of nitrogens with one attached hydrogen (secondary N) is 1. The summed E-state index contributed by atoms with van der Waals surface area (Å²) >= 11 is 5.85. The van der Waals surface area contributed by atoms with Crippen LogP contribution in [0.2, 0.25) is 5.02 Å². The Kier molecular flexibility index (Phi) is 5.46. The predicted octanol–water partition coefficient (Wildman–Crippen LogP) is 3.43. The molecule has 0 saturated carbocycles. The fraction of sp³-hybridized carbons (Fsp3) is 0.316. The van der Waals surface area contributed by atoms with Gasteiger partial charge in [0.15, 0.2) is 0 Å². The van der Waals surface area contributed by atoms with Crippen molar-refractivity contribution in [3.63, 3.8) is 0 Å². The minimum absolute atomic E-state index is 0.154. The molecular formula is C19H22ClN3O2. The highest BCUT2D eigenvalue weighted by Crippen LogP contribution is 2.17. The predicted molar refractivity (Wildman–Crippen MR) is 99.0 cm³/mol. The minimum Gasteiger partial charge on any atom is -0.491 e. The lowest BCUT2D eigenvalue weighted by Crippen LogP contribution is -2.31. The molecule has 3 rings (SSSR count). The molecule has 0 spiro atoms. The number of aliphatic hydroxyl groups is 1. The van der Waals surface area contributed by atoms with E-state index in [1.54, 1.807) is 24.3 Å². The normalized spacial score (nSPS) is 12.4. The molecular weight excluding hydrogens is 338 g/mol. The van der Waals surface area contributed by atoms with Gasteiger partial charge in [0.2, 0.25) is 5.62 Å². The van der Waals surface area contributed by atoms with Crippen molar-refractivity contribution in [3.05, 3.63) is 59.2 Å². The molecule has 2 aromatic carbocycles. The van der Waals surface area contributed by atoms with E-state index in [0.29, 0.717) is 22.9 Å². The van der Waals surface area contributed by atoms with Gasteiger partial charge in [-0.25, -0.2) is 0 Å². The lowest BCUT2D eigenvalue weighted by molar-refractivity contribution is 0.0921. The first-order valence-electron chi connectivity index (χ1n) is 8.39. The minimum atomic E-state index is -0.717. The Hall–Kier alpha value is -2.24. The van der Waals surface area contributed by atoms with Crippen LogP contribution in [0.1, 0.15) is 13.3 Å². The molecule has 0 bridgehead atoms. The second-order valence-corrected chi connectivity index (χ2v) is 6.43. The zero-order chi connectivity index (χ0) is 17.8. The number of ether oxygens (including phenoxy) is 1. The van der Waals surface area contributed by atoms with Gasteiger partial charge in [-0.2, -0.15) is 0 Å². The van der Waals surface area contributed by atoms with Gasteiger partial charge in [0.05, 0.1) is 17.6 Å². The van der Waals surface area contributed by atoms with Crippen LogP contribution in [0.5, 0.6) is 5.75 Å². The van der Waals surface area contributed by atoms with Gasteiger partial charge in [0.25, 0.3) is 0 Å². The van der Waals surface area contributed by atoms with Crippen LogP contribution < -0.4 is 10.4 Å². The molecule has 1 atom stereocenters. The molecule has 6 heteroatoms. The Morgan fingerprint density at radius 1 is 1.08 bits per heavy atom. The summed E-state index contributed by atoms with van der Waals surface area (Å²) in [6, 6.07) is 14.9. The van der Waals surface area contributed by atoms with Crippen LogP contribution in [0.4, 0.5) is 0 Å². The van der Waals surface area contributed by atoms with Gasteiger partial charge < -0.3 is 19.0 Å². The first kappa shape index (κ1) is 17.6. The van der Waals surface area contributed by atoms with Gasteiger partial charge >= 0.3 is 0 Å². The molecule has 0 amide bonds. The molecule has 5 nitrogen and oxygen atoms in total. The third-order valence-corrected chi connectivity index (χ3v) is 4.32. The molecule has 25 heavy (non-hydrogen) atoms. The second kappa shape index (κ2) is 7.76. The average molecular weight is 360 g/mol. The van der Waals surface area contributed by atoms with Crippen molar-refractivity contribution in [1.82, 2.24) is 9.13 Å². The number of para-hydroxylation sites is 2. The monoisotopic (exact) mass is 359 g/mol. The van der Waals surface area contributed by atoms with Crippen molar-refractivity contribution >= 4 is 22.6 Å². The van der Waals surface area contributed by atoms with E-state index < -0.39 is 6.10 Å². The summed E-state index contributed by atoms with van der Waals surface area (Å²) in [5.41, 5.74) is 2.36. The van der Waals surface area contributed by atoms with Gasteiger partial charge in [-0.3, -0.25) is 5.41 Å². The molecule has 2 N–H and O–H groups in total. The maximum absolute atomic E-state index is 10.4. The number of benzene rings is 2. The first-order chi connectivity index (χ1) is 12.1. The van der Waals surface area contributed by atoms with Crippen molar-refractivity contribution in [3.8, 4) is 5.75 Å². The van der Waals surface area contributed by atoms with Crippen LogP contribution in [-0.4, -0.2) is 27.0 Å². The standard InChI is InChI=1S/C19H22ClN3O2/c1-2-11-22-17-5-3-4-6-18(17)23(19(22)21)12-15(24)13-25-16-9-7-14(20)8-10-16/h3-10,15,21,24H,2,11-13H2,1H3. The molecule has 0 aliphatic heterocycles. The highest BCUT2D eigenvalue weighted by molar-refractivity contribution is 6.30. The molecule has 0 aliphatic carbocycles. The summed E-state index contributed by atoms with van der Waals surface area (Å²) in [6.45, 7) is 3.34. The fourth-order valence-electron chi connectivity index (χ4n) is 2.92. The number of aryl methyl sites for hydroxylation is 1. The van der Waals surface area contributed by atoms with Crippen LogP contribution in [0.25, 0.3) is 11.0 Å². The molecule has 0 radical (unpaired) electrons. The zero-order valence-corrected chi connectivity index (χ0v) is 14.9. The van der Waals surface area contributed by atoms with Gasteiger partial charge in [-0.1, -0.05) is 30.7 Å².